The van der Waals surface area contributed by atoms with Crippen molar-refractivity contribution in [3.63, 3.8) is 0 Å². The summed E-state index contributed by atoms with van der Waals surface area (Å²) in [6, 6.07) is 5.39. The lowest BCUT2D eigenvalue weighted by atomic mass is 9.95. The van der Waals surface area contributed by atoms with Crippen molar-refractivity contribution in [2.75, 3.05) is 14.2 Å². The number of allylic oxidation sites excluding steroid dienone is 1. The number of carboxylic acid groups (broad SMARTS) is 1. The molecule has 0 amide bonds. The largest absolute Gasteiger partial charge is 0.493 e. The number of carboxylic acids is 1. The minimum absolute atomic E-state index is 0.151. The number of carbonyl (C=O) groups is 2. The van der Waals surface area contributed by atoms with Gasteiger partial charge in [0.1, 0.15) is 5.57 Å². The molecular formula is C19H21NO5. The minimum atomic E-state index is -1.18. The number of benzene rings is 1. The number of ether oxygens (including phenoxy) is 2. The van der Waals surface area contributed by atoms with Gasteiger partial charge in [0.2, 0.25) is 0 Å². The first-order valence-corrected chi connectivity index (χ1v) is 8.31. The number of Topliss-reactive ketones (excluding diaryl/α,β-unsaturated/α-hetero) is 1. The molecule has 1 saturated carbocycles. The number of methoxy groups -OCH3 is 2. The van der Waals surface area contributed by atoms with Crippen LogP contribution in [0.4, 0.5) is 0 Å². The van der Waals surface area contributed by atoms with Crippen LogP contribution >= 0.6 is 0 Å². The van der Waals surface area contributed by atoms with Gasteiger partial charge in [-0.3, -0.25) is 9.79 Å². The quantitative estimate of drug-likeness (QED) is 0.831. The average molecular weight is 343 g/mol. The van der Waals surface area contributed by atoms with E-state index in [9.17, 15) is 14.7 Å². The number of aliphatic carboxylic acids is 1. The van der Waals surface area contributed by atoms with Crippen molar-refractivity contribution >= 4 is 17.5 Å². The Labute approximate surface area is 146 Å². The molecule has 0 saturated heterocycles. The molecule has 0 aromatic heterocycles. The maximum Gasteiger partial charge on any atom is 0.339 e. The number of nitrogens with zero attached hydrogens (tertiary/aromatic N) is 1. The predicted molar refractivity (Wildman–Crippen MR) is 92.4 cm³/mol. The zero-order chi connectivity index (χ0) is 18.0. The van der Waals surface area contributed by atoms with Crippen molar-refractivity contribution in [3.8, 4) is 11.5 Å². The Morgan fingerprint density at radius 2 is 1.88 bits per heavy atom. The monoisotopic (exact) mass is 343 g/mol. The van der Waals surface area contributed by atoms with E-state index in [1.165, 1.54) is 6.08 Å². The lowest BCUT2D eigenvalue weighted by Crippen LogP contribution is -2.18. The van der Waals surface area contributed by atoms with Gasteiger partial charge in [0.05, 0.1) is 20.3 Å². The van der Waals surface area contributed by atoms with E-state index >= 15 is 0 Å². The van der Waals surface area contributed by atoms with Gasteiger partial charge in [0.25, 0.3) is 0 Å². The Morgan fingerprint density at radius 3 is 2.48 bits per heavy atom. The Kier molecular flexibility index (Phi) is 4.88. The molecule has 1 N–H and O–H groups in total. The van der Waals surface area contributed by atoms with Crippen molar-refractivity contribution < 1.29 is 24.2 Å². The lowest BCUT2D eigenvalue weighted by Gasteiger charge is -2.19. The fraction of sp³-hybridized carbons (Fsp3) is 0.421. The summed E-state index contributed by atoms with van der Waals surface area (Å²) in [5.74, 6) is -0.0252. The summed E-state index contributed by atoms with van der Waals surface area (Å²) in [6.45, 7) is 0. The predicted octanol–water partition coefficient (Wildman–Crippen LogP) is 2.97. The number of rotatable bonds is 5. The van der Waals surface area contributed by atoms with Gasteiger partial charge in [-0.2, -0.15) is 0 Å². The molecule has 6 nitrogen and oxygen atoms in total. The first-order chi connectivity index (χ1) is 12.0. The topological polar surface area (TPSA) is 85.2 Å². The van der Waals surface area contributed by atoms with Crippen LogP contribution in [0.3, 0.4) is 0 Å². The van der Waals surface area contributed by atoms with E-state index in [0.29, 0.717) is 23.6 Å². The highest BCUT2D eigenvalue weighted by Gasteiger charge is 2.31. The van der Waals surface area contributed by atoms with Crippen molar-refractivity contribution in [1.82, 2.24) is 0 Å². The third-order valence-corrected chi connectivity index (χ3v) is 4.56. The van der Waals surface area contributed by atoms with Gasteiger partial charge in [0.15, 0.2) is 17.3 Å². The summed E-state index contributed by atoms with van der Waals surface area (Å²) in [4.78, 5) is 28.4. The van der Waals surface area contributed by atoms with Gasteiger partial charge in [-0.1, -0.05) is 6.07 Å². The molecule has 1 aromatic carbocycles. The van der Waals surface area contributed by atoms with Gasteiger partial charge >= 0.3 is 5.97 Å². The third-order valence-electron chi connectivity index (χ3n) is 4.56. The Bertz CT molecular complexity index is 761. The number of ketones is 1. The second-order valence-electron chi connectivity index (χ2n) is 6.28. The summed E-state index contributed by atoms with van der Waals surface area (Å²) in [6.07, 6.45) is 4.05. The normalized spacial score (nSPS) is 25.0. The van der Waals surface area contributed by atoms with Crippen LogP contribution < -0.4 is 9.47 Å². The highest BCUT2D eigenvalue weighted by atomic mass is 16.5. The highest BCUT2D eigenvalue weighted by molar-refractivity contribution is 6.21. The van der Waals surface area contributed by atoms with Crippen LogP contribution in [0.5, 0.6) is 11.5 Å². The fourth-order valence-electron chi connectivity index (χ4n) is 3.00. The summed E-state index contributed by atoms with van der Waals surface area (Å²) in [5, 5.41) is 9.28. The van der Waals surface area contributed by atoms with Crippen LogP contribution in [-0.4, -0.2) is 36.8 Å². The van der Waals surface area contributed by atoms with Crippen LogP contribution in [0.1, 0.15) is 37.3 Å². The van der Waals surface area contributed by atoms with Crippen molar-refractivity contribution in [2.24, 2.45) is 10.9 Å². The van der Waals surface area contributed by atoms with Crippen molar-refractivity contribution in [2.45, 2.75) is 31.7 Å². The average Bonchev–Trinajstić information content (AvgIpc) is 3.43. The standard InChI is InChI=1S/C19H21NO5/c1-24-17-8-5-12(9-18(17)25-2)14-6-7-16(21)13(19(22)23)10-15(20-14)11-3-4-11/h5,8-11,14H,3-4,6-7H2,1-2H3,(H,22,23)/b13-10+,20-15+. The summed E-state index contributed by atoms with van der Waals surface area (Å²) >= 11 is 0. The Morgan fingerprint density at radius 1 is 1.16 bits per heavy atom. The summed E-state index contributed by atoms with van der Waals surface area (Å²) in [5.41, 5.74) is 1.48. The number of hydrogen-bond acceptors (Lipinski definition) is 5. The highest BCUT2D eigenvalue weighted by Crippen LogP contribution is 2.37. The lowest BCUT2D eigenvalue weighted by molar-refractivity contribution is -0.134. The molecule has 1 aromatic rings. The molecule has 1 aliphatic carbocycles. The SMILES string of the molecule is COc1ccc(C2CCC(=O)/C(C(=O)O)=C\C(C3CC3)=N/2)cc1OC. The second kappa shape index (κ2) is 7.09. The van der Waals surface area contributed by atoms with E-state index < -0.39 is 5.97 Å². The van der Waals surface area contributed by atoms with Gasteiger partial charge in [-0.25, -0.2) is 4.79 Å². The Balaban J connectivity index is 2.00. The van der Waals surface area contributed by atoms with Crippen molar-refractivity contribution in [1.29, 1.82) is 0 Å². The molecule has 25 heavy (non-hydrogen) atoms. The van der Waals surface area contributed by atoms with Gasteiger partial charge < -0.3 is 14.6 Å². The Hall–Kier alpha value is -2.63. The molecule has 0 bridgehead atoms. The molecule has 3 rings (SSSR count). The van der Waals surface area contributed by atoms with E-state index in [1.807, 2.05) is 18.2 Å². The van der Waals surface area contributed by atoms with Gasteiger partial charge in [0, 0.05) is 18.1 Å². The molecular weight excluding hydrogens is 322 g/mol. The van der Waals surface area contributed by atoms with Crippen LogP contribution in [0, 0.1) is 5.92 Å². The van der Waals surface area contributed by atoms with E-state index in [2.05, 4.69) is 0 Å². The molecule has 1 aliphatic heterocycles. The van der Waals surface area contributed by atoms with Crippen LogP contribution in [-0.2, 0) is 9.59 Å². The van der Waals surface area contributed by atoms with Crippen LogP contribution in [0.25, 0.3) is 0 Å². The number of hydrogen-bond donors (Lipinski definition) is 1. The van der Waals surface area contributed by atoms with E-state index in [4.69, 9.17) is 14.5 Å². The maximum absolute atomic E-state index is 12.2. The van der Waals surface area contributed by atoms with Gasteiger partial charge in [-0.15, -0.1) is 0 Å². The van der Waals surface area contributed by atoms with E-state index in [0.717, 1.165) is 18.4 Å². The van der Waals surface area contributed by atoms with Crippen molar-refractivity contribution in [3.05, 3.63) is 35.4 Å². The summed E-state index contributed by atoms with van der Waals surface area (Å²) in [7, 11) is 3.15. The smallest absolute Gasteiger partial charge is 0.339 e. The van der Waals surface area contributed by atoms with E-state index in [1.54, 1.807) is 14.2 Å². The number of carbonyl (C=O) groups excluding carboxylic acids is 1. The van der Waals surface area contributed by atoms with Crippen LogP contribution in [0.2, 0.25) is 0 Å². The molecule has 1 heterocycles. The molecule has 0 radical (unpaired) electrons. The van der Waals surface area contributed by atoms with Crippen LogP contribution in [0.15, 0.2) is 34.8 Å². The van der Waals surface area contributed by atoms with Gasteiger partial charge in [-0.05, 0) is 43.0 Å². The molecule has 2 aliphatic rings. The first-order valence-electron chi connectivity index (χ1n) is 8.31. The molecule has 1 atom stereocenters. The first kappa shape index (κ1) is 17.2. The zero-order valence-electron chi connectivity index (χ0n) is 14.3. The molecule has 132 valence electrons. The van der Waals surface area contributed by atoms with E-state index in [-0.39, 0.29) is 29.7 Å². The second-order valence-corrected chi connectivity index (χ2v) is 6.28. The number of aliphatic imine (C=N–C) groups is 1. The minimum Gasteiger partial charge on any atom is -0.493 e. The fourth-order valence-corrected chi connectivity index (χ4v) is 3.00. The summed E-state index contributed by atoms with van der Waals surface area (Å²) < 4.78 is 10.6. The molecule has 0 spiro atoms. The third kappa shape index (κ3) is 3.73. The molecule has 6 heteroatoms. The zero-order valence-corrected chi connectivity index (χ0v) is 14.3. The molecule has 1 unspecified atom stereocenters. The maximum atomic E-state index is 12.2. The molecule has 1 fully saturated rings.